The third kappa shape index (κ3) is 3.47. The molecular weight excluding hydrogens is 276 g/mol. The average Bonchev–Trinajstić information content (AvgIpc) is 3.01. The van der Waals surface area contributed by atoms with Crippen LogP contribution in [0, 0.1) is 5.92 Å². The number of rotatable bonds is 5. The maximum Gasteiger partial charge on any atom is 0.315 e. The van der Waals surface area contributed by atoms with Gasteiger partial charge in [-0.1, -0.05) is 30.3 Å². The normalized spacial score (nSPS) is 21.7. The first kappa shape index (κ1) is 14.6. The first-order valence-electron chi connectivity index (χ1n) is 7.80. The van der Waals surface area contributed by atoms with E-state index in [1.807, 2.05) is 13.0 Å². The summed E-state index contributed by atoms with van der Waals surface area (Å²) in [5, 5.41) is 12.5. The van der Waals surface area contributed by atoms with Crippen LogP contribution < -0.4 is 10.6 Å². The second kappa shape index (κ2) is 6.64. The first-order valence-corrected chi connectivity index (χ1v) is 7.80. The van der Waals surface area contributed by atoms with Crippen molar-refractivity contribution in [2.24, 2.45) is 5.92 Å². The highest BCUT2D eigenvalue weighted by Crippen LogP contribution is 2.40. The van der Waals surface area contributed by atoms with E-state index in [4.69, 9.17) is 0 Å². The summed E-state index contributed by atoms with van der Waals surface area (Å²) in [6.45, 7) is 2.69. The van der Waals surface area contributed by atoms with E-state index in [1.165, 1.54) is 5.56 Å². The molecule has 1 saturated carbocycles. The number of carbonyl (C=O) groups is 1. The van der Waals surface area contributed by atoms with Crippen LogP contribution in [-0.2, 0) is 0 Å². The number of hydrogen-bond acceptors (Lipinski definition) is 2. The number of H-pyrrole nitrogens is 1. The van der Waals surface area contributed by atoms with E-state index >= 15 is 0 Å². The molecule has 22 heavy (non-hydrogen) atoms. The Kier molecular flexibility index (Phi) is 4.42. The monoisotopic (exact) mass is 298 g/mol. The van der Waals surface area contributed by atoms with Gasteiger partial charge >= 0.3 is 6.03 Å². The van der Waals surface area contributed by atoms with Crippen LogP contribution in [0.5, 0.6) is 0 Å². The van der Waals surface area contributed by atoms with Crippen LogP contribution in [0.25, 0.3) is 0 Å². The smallest absolute Gasteiger partial charge is 0.315 e. The van der Waals surface area contributed by atoms with E-state index in [0.717, 1.165) is 24.9 Å². The molecule has 1 fully saturated rings. The SMILES string of the molecule is CC(NC(=O)NCC1CC(c2ccccc2)C1)c1cn[nH]c1. The van der Waals surface area contributed by atoms with Crippen molar-refractivity contribution in [1.82, 2.24) is 20.8 Å². The summed E-state index contributed by atoms with van der Waals surface area (Å²) in [6, 6.07) is 10.4. The molecule has 1 aromatic carbocycles. The van der Waals surface area contributed by atoms with E-state index < -0.39 is 0 Å². The minimum Gasteiger partial charge on any atom is -0.338 e. The summed E-state index contributed by atoms with van der Waals surface area (Å²) in [5.41, 5.74) is 2.39. The molecular formula is C17H22N4O. The molecule has 2 aromatic rings. The van der Waals surface area contributed by atoms with Gasteiger partial charge in [0.15, 0.2) is 0 Å². The van der Waals surface area contributed by atoms with Crippen LogP contribution in [0.3, 0.4) is 0 Å². The Balaban J connectivity index is 1.36. The van der Waals surface area contributed by atoms with Crippen LogP contribution in [0.1, 0.15) is 42.9 Å². The van der Waals surface area contributed by atoms with Gasteiger partial charge in [0.1, 0.15) is 0 Å². The van der Waals surface area contributed by atoms with Gasteiger partial charge in [-0.25, -0.2) is 4.79 Å². The third-order valence-electron chi connectivity index (χ3n) is 4.42. The Morgan fingerprint density at radius 2 is 2.14 bits per heavy atom. The fourth-order valence-corrected chi connectivity index (χ4v) is 2.97. The highest BCUT2D eigenvalue weighted by Gasteiger charge is 2.30. The maximum absolute atomic E-state index is 11.9. The van der Waals surface area contributed by atoms with E-state index in [0.29, 0.717) is 11.8 Å². The Morgan fingerprint density at radius 3 is 2.82 bits per heavy atom. The van der Waals surface area contributed by atoms with Gasteiger partial charge in [-0.15, -0.1) is 0 Å². The topological polar surface area (TPSA) is 69.8 Å². The highest BCUT2D eigenvalue weighted by atomic mass is 16.2. The predicted octanol–water partition coefficient (Wildman–Crippen LogP) is 2.96. The largest absolute Gasteiger partial charge is 0.338 e. The standard InChI is InChI=1S/C17H22N4O/c1-12(16-10-19-20-11-16)21-17(22)18-9-13-7-15(8-13)14-5-3-2-4-6-14/h2-6,10-13,15H,7-9H2,1H3,(H,19,20)(H2,18,21,22). The molecule has 1 atom stereocenters. The van der Waals surface area contributed by atoms with Crippen LogP contribution >= 0.6 is 0 Å². The predicted molar refractivity (Wildman–Crippen MR) is 85.4 cm³/mol. The van der Waals surface area contributed by atoms with Crippen molar-refractivity contribution >= 4 is 6.03 Å². The second-order valence-corrected chi connectivity index (χ2v) is 6.05. The Morgan fingerprint density at radius 1 is 1.36 bits per heavy atom. The number of amides is 2. The van der Waals surface area contributed by atoms with Crippen molar-refractivity contribution in [2.45, 2.75) is 31.7 Å². The lowest BCUT2D eigenvalue weighted by molar-refractivity contribution is 0.222. The van der Waals surface area contributed by atoms with E-state index in [9.17, 15) is 4.79 Å². The minimum absolute atomic E-state index is 0.0443. The summed E-state index contributed by atoms with van der Waals surface area (Å²) in [6.07, 6.45) is 5.83. The number of benzene rings is 1. The lowest BCUT2D eigenvalue weighted by atomic mass is 9.71. The summed E-state index contributed by atoms with van der Waals surface area (Å²) in [7, 11) is 0. The lowest BCUT2D eigenvalue weighted by Gasteiger charge is -2.35. The van der Waals surface area contributed by atoms with E-state index in [2.05, 4.69) is 45.1 Å². The molecule has 5 nitrogen and oxygen atoms in total. The molecule has 2 amide bonds. The van der Waals surface area contributed by atoms with Gasteiger partial charge in [0, 0.05) is 18.3 Å². The van der Waals surface area contributed by atoms with E-state index in [-0.39, 0.29) is 12.1 Å². The highest BCUT2D eigenvalue weighted by molar-refractivity contribution is 5.74. The number of carbonyl (C=O) groups excluding carboxylic acids is 1. The van der Waals surface area contributed by atoms with Gasteiger partial charge in [-0.05, 0) is 37.2 Å². The molecule has 116 valence electrons. The molecule has 3 N–H and O–H groups in total. The maximum atomic E-state index is 11.9. The molecule has 1 unspecified atom stereocenters. The molecule has 5 heteroatoms. The summed E-state index contributed by atoms with van der Waals surface area (Å²) in [4.78, 5) is 11.9. The quantitative estimate of drug-likeness (QED) is 0.794. The van der Waals surface area contributed by atoms with Gasteiger partial charge < -0.3 is 10.6 Å². The molecule has 0 aliphatic heterocycles. The number of aromatic nitrogens is 2. The molecule has 1 aliphatic rings. The van der Waals surface area contributed by atoms with Crippen LogP contribution in [-0.4, -0.2) is 22.8 Å². The fourth-order valence-electron chi connectivity index (χ4n) is 2.97. The van der Waals surface area contributed by atoms with Gasteiger partial charge in [0.2, 0.25) is 0 Å². The van der Waals surface area contributed by atoms with Crippen molar-refractivity contribution in [3.8, 4) is 0 Å². The average molecular weight is 298 g/mol. The first-order chi connectivity index (χ1) is 10.7. The molecule has 1 aliphatic carbocycles. The molecule has 1 heterocycles. The fraction of sp³-hybridized carbons (Fsp3) is 0.412. The zero-order valence-corrected chi connectivity index (χ0v) is 12.8. The van der Waals surface area contributed by atoms with Crippen molar-refractivity contribution in [2.75, 3.05) is 6.54 Å². The van der Waals surface area contributed by atoms with Crippen LogP contribution in [0.15, 0.2) is 42.7 Å². The third-order valence-corrected chi connectivity index (χ3v) is 4.42. The minimum atomic E-state index is -0.114. The Labute approximate surface area is 130 Å². The van der Waals surface area contributed by atoms with Crippen LogP contribution in [0.2, 0.25) is 0 Å². The molecule has 3 rings (SSSR count). The second-order valence-electron chi connectivity index (χ2n) is 6.05. The summed E-state index contributed by atoms with van der Waals surface area (Å²) < 4.78 is 0. The summed E-state index contributed by atoms with van der Waals surface area (Å²) >= 11 is 0. The lowest BCUT2D eigenvalue weighted by Crippen LogP contribution is -2.41. The van der Waals surface area contributed by atoms with Gasteiger partial charge in [0.05, 0.1) is 12.2 Å². The molecule has 1 aromatic heterocycles. The number of hydrogen-bond donors (Lipinski definition) is 3. The van der Waals surface area contributed by atoms with Crippen LogP contribution in [0.4, 0.5) is 4.79 Å². The summed E-state index contributed by atoms with van der Waals surface area (Å²) in [5.74, 6) is 1.24. The Hall–Kier alpha value is -2.30. The van der Waals surface area contributed by atoms with E-state index in [1.54, 1.807) is 12.4 Å². The number of nitrogens with one attached hydrogen (secondary N) is 3. The molecule has 0 spiro atoms. The van der Waals surface area contributed by atoms with Crippen molar-refractivity contribution in [3.05, 3.63) is 53.9 Å². The zero-order valence-electron chi connectivity index (χ0n) is 12.8. The molecule has 0 bridgehead atoms. The number of nitrogens with zero attached hydrogens (tertiary/aromatic N) is 1. The van der Waals surface area contributed by atoms with Gasteiger partial charge in [-0.3, -0.25) is 5.10 Å². The van der Waals surface area contributed by atoms with Crippen molar-refractivity contribution in [1.29, 1.82) is 0 Å². The van der Waals surface area contributed by atoms with Crippen molar-refractivity contribution < 1.29 is 4.79 Å². The van der Waals surface area contributed by atoms with Crippen molar-refractivity contribution in [3.63, 3.8) is 0 Å². The van der Waals surface area contributed by atoms with Gasteiger partial charge in [0.25, 0.3) is 0 Å². The number of aromatic amines is 1. The molecule has 0 radical (unpaired) electrons. The van der Waals surface area contributed by atoms with Gasteiger partial charge in [-0.2, -0.15) is 5.10 Å². The number of urea groups is 1. The molecule has 0 saturated heterocycles. The zero-order chi connectivity index (χ0) is 15.4. The Bertz CT molecular complexity index is 590.